The molecule has 0 saturated carbocycles. The fraction of sp³-hybridized carbons (Fsp3) is 0.400. The zero-order valence-corrected chi connectivity index (χ0v) is 6.38. The van der Waals surface area contributed by atoms with Crippen LogP contribution in [0.1, 0.15) is 10.6 Å². The topological polar surface area (TPSA) is 38.9 Å². The highest BCUT2D eigenvalue weighted by atomic mass is 32.1. The Balaban J connectivity index is 3.13. The molecule has 0 aliphatic heterocycles. The van der Waals surface area contributed by atoms with E-state index in [0.717, 1.165) is 0 Å². The number of hydrogen-bond acceptors (Lipinski definition) is 3. The number of rotatable bonds is 0. The summed E-state index contributed by atoms with van der Waals surface area (Å²) in [6.07, 6.45) is -4.32. The van der Waals surface area contributed by atoms with Gasteiger partial charge in [0.15, 0.2) is 5.13 Å². The van der Waals surface area contributed by atoms with E-state index in [9.17, 15) is 13.2 Å². The number of aromatic nitrogens is 1. The van der Waals surface area contributed by atoms with E-state index in [1.807, 2.05) is 0 Å². The number of nitrogens with two attached hydrogens (primary N) is 1. The van der Waals surface area contributed by atoms with Gasteiger partial charge in [-0.2, -0.15) is 13.2 Å². The molecule has 0 unspecified atom stereocenters. The lowest BCUT2D eigenvalue weighted by Gasteiger charge is -2.01. The first-order chi connectivity index (χ1) is 4.91. The van der Waals surface area contributed by atoms with E-state index in [0.29, 0.717) is 11.3 Å². The predicted molar refractivity (Wildman–Crippen MR) is 36.3 cm³/mol. The smallest absolute Gasteiger partial charge is 0.375 e. The summed E-state index contributed by atoms with van der Waals surface area (Å²) >= 11 is 0.463. The first-order valence-electron chi connectivity index (χ1n) is 2.71. The minimum absolute atomic E-state index is 0.0465. The van der Waals surface area contributed by atoms with E-state index in [2.05, 4.69) is 4.98 Å². The second-order valence-electron chi connectivity index (χ2n) is 1.96. The van der Waals surface area contributed by atoms with Crippen molar-refractivity contribution in [2.75, 3.05) is 5.73 Å². The minimum atomic E-state index is -4.32. The molecular weight excluding hydrogens is 177 g/mol. The Kier molecular flexibility index (Phi) is 1.79. The van der Waals surface area contributed by atoms with Crippen LogP contribution in [0.5, 0.6) is 0 Å². The molecule has 0 aromatic carbocycles. The summed E-state index contributed by atoms with van der Waals surface area (Å²) in [5.41, 5.74) is 5.03. The Morgan fingerprint density at radius 2 is 2.00 bits per heavy atom. The zero-order chi connectivity index (χ0) is 8.65. The van der Waals surface area contributed by atoms with E-state index in [1.54, 1.807) is 0 Å². The fourth-order valence-electron chi connectivity index (χ4n) is 0.680. The molecule has 0 saturated heterocycles. The molecule has 6 heteroatoms. The Morgan fingerprint density at radius 3 is 2.18 bits per heavy atom. The molecule has 2 nitrogen and oxygen atoms in total. The monoisotopic (exact) mass is 182 g/mol. The second kappa shape index (κ2) is 2.37. The summed E-state index contributed by atoms with van der Waals surface area (Å²) in [7, 11) is 0. The maximum absolute atomic E-state index is 12.0. The van der Waals surface area contributed by atoms with Crippen molar-refractivity contribution in [2.45, 2.75) is 13.1 Å². The van der Waals surface area contributed by atoms with Gasteiger partial charge < -0.3 is 5.73 Å². The first kappa shape index (κ1) is 8.32. The summed E-state index contributed by atoms with van der Waals surface area (Å²) in [6.45, 7) is 1.29. The molecule has 62 valence electrons. The highest BCUT2D eigenvalue weighted by molar-refractivity contribution is 7.15. The van der Waals surface area contributed by atoms with Gasteiger partial charge in [0.05, 0.1) is 5.69 Å². The Morgan fingerprint density at radius 1 is 1.45 bits per heavy atom. The lowest BCUT2D eigenvalue weighted by molar-refractivity contribution is -0.134. The number of alkyl halides is 3. The molecule has 0 amide bonds. The van der Waals surface area contributed by atoms with Crippen molar-refractivity contribution in [3.63, 3.8) is 0 Å². The number of hydrogen-bond donors (Lipinski definition) is 1. The van der Waals surface area contributed by atoms with E-state index < -0.39 is 11.1 Å². The Hall–Kier alpha value is -0.780. The van der Waals surface area contributed by atoms with Crippen molar-refractivity contribution in [1.29, 1.82) is 0 Å². The quantitative estimate of drug-likeness (QED) is 0.666. The first-order valence-corrected chi connectivity index (χ1v) is 3.53. The summed E-state index contributed by atoms with van der Waals surface area (Å²) in [5.74, 6) is 0. The molecule has 11 heavy (non-hydrogen) atoms. The maximum atomic E-state index is 12.0. The SMILES string of the molecule is Cc1nc(N)sc1C(F)(F)F. The summed E-state index contributed by atoms with van der Waals surface area (Å²) in [6, 6.07) is 0. The van der Waals surface area contributed by atoms with Gasteiger partial charge in [-0.05, 0) is 6.92 Å². The molecule has 1 aromatic heterocycles. The number of aryl methyl sites for hydroxylation is 1. The number of nitrogen functional groups attached to an aromatic ring is 1. The molecule has 0 radical (unpaired) electrons. The van der Waals surface area contributed by atoms with E-state index in [4.69, 9.17) is 5.73 Å². The predicted octanol–water partition coefficient (Wildman–Crippen LogP) is 2.05. The second-order valence-corrected chi connectivity index (χ2v) is 3.00. The fourth-order valence-corrected chi connectivity index (χ4v) is 1.38. The number of halogens is 3. The van der Waals surface area contributed by atoms with Crippen molar-refractivity contribution in [3.8, 4) is 0 Å². The van der Waals surface area contributed by atoms with Crippen LogP contribution in [0.3, 0.4) is 0 Å². The largest absolute Gasteiger partial charge is 0.427 e. The van der Waals surface area contributed by atoms with Crippen LogP contribution >= 0.6 is 11.3 Å². The molecule has 1 aromatic rings. The van der Waals surface area contributed by atoms with Crippen LogP contribution in [0.25, 0.3) is 0 Å². The van der Waals surface area contributed by atoms with E-state index in [-0.39, 0.29) is 10.8 Å². The van der Waals surface area contributed by atoms with Crippen molar-refractivity contribution in [2.24, 2.45) is 0 Å². The van der Waals surface area contributed by atoms with Crippen LogP contribution in [0.15, 0.2) is 0 Å². The Bertz CT molecular complexity index is 265. The summed E-state index contributed by atoms with van der Waals surface area (Å²) in [4.78, 5) is 2.74. The van der Waals surface area contributed by atoms with Gasteiger partial charge in [-0.25, -0.2) is 4.98 Å². The van der Waals surface area contributed by atoms with Crippen LogP contribution in [0.2, 0.25) is 0 Å². The Labute approximate surface area is 64.9 Å². The molecule has 0 bridgehead atoms. The minimum Gasteiger partial charge on any atom is -0.375 e. The van der Waals surface area contributed by atoms with Gasteiger partial charge in [-0.15, -0.1) is 0 Å². The van der Waals surface area contributed by atoms with Crippen molar-refractivity contribution < 1.29 is 13.2 Å². The maximum Gasteiger partial charge on any atom is 0.427 e. The molecule has 2 N–H and O–H groups in total. The lowest BCUT2D eigenvalue weighted by atomic mass is 10.4. The normalized spacial score (nSPS) is 12.0. The van der Waals surface area contributed by atoms with E-state index in [1.165, 1.54) is 6.92 Å². The summed E-state index contributed by atoms with van der Waals surface area (Å²) in [5, 5.41) is -0.0465. The van der Waals surface area contributed by atoms with Gasteiger partial charge in [0, 0.05) is 0 Å². The van der Waals surface area contributed by atoms with Gasteiger partial charge in [-0.1, -0.05) is 11.3 Å². The van der Waals surface area contributed by atoms with Crippen LogP contribution in [0, 0.1) is 6.92 Å². The van der Waals surface area contributed by atoms with Gasteiger partial charge in [-0.3, -0.25) is 0 Å². The molecule has 0 aliphatic rings. The van der Waals surface area contributed by atoms with E-state index >= 15 is 0 Å². The van der Waals surface area contributed by atoms with Crippen LogP contribution in [-0.4, -0.2) is 4.98 Å². The van der Waals surface area contributed by atoms with Crippen molar-refractivity contribution in [3.05, 3.63) is 10.6 Å². The molecule has 0 spiro atoms. The number of thiazole rings is 1. The van der Waals surface area contributed by atoms with Crippen molar-refractivity contribution >= 4 is 16.5 Å². The average molecular weight is 182 g/mol. The van der Waals surface area contributed by atoms with Gasteiger partial charge in [0.25, 0.3) is 0 Å². The third-order valence-electron chi connectivity index (χ3n) is 1.07. The van der Waals surface area contributed by atoms with Crippen molar-refractivity contribution in [1.82, 2.24) is 4.98 Å². The molecule has 1 rings (SSSR count). The van der Waals surface area contributed by atoms with Gasteiger partial charge in [0.2, 0.25) is 0 Å². The van der Waals surface area contributed by atoms with Crippen LogP contribution in [0.4, 0.5) is 18.3 Å². The standard InChI is InChI=1S/C5H5F3N2S/c1-2-3(5(6,7)8)11-4(9)10-2/h1H3,(H2,9,10). The molecule has 0 aliphatic carbocycles. The third-order valence-corrected chi connectivity index (χ3v) is 2.10. The lowest BCUT2D eigenvalue weighted by Crippen LogP contribution is -2.03. The highest BCUT2D eigenvalue weighted by Crippen LogP contribution is 2.36. The van der Waals surface area contributed by atoms with Gasteiger partial charge >= 0.3 is 6.18 Å². The number of nitrogens with zero attached hydrogens (tertiary/aromatic N) is 1. The molecular formula is C5H5F3N2S. The zero-order valence-electron chi connectivity index (χ0n) is 5.57. The average Bonchev–Trinajstić information content (AvgIpc) is 2.08. The van der Waals surface area contributed by atoms with Crippen LogP contribution in [-0.2, 0) is 6.18 Å². The summed E-state index contributed by atoms with van der Waals surface area (Å²) < 4.78 is 35.9. The number of anilines is 1. The van der Waals surface area contributed by atoms with Gasteiger partial charge in [0.1, 0.15) is 4.88 Å². The third kappa shape index (κ3) is 1.62. The molecule has 0 fully saturated rings. The highest BCUT2D eigenvalue weighted by Gasteiger charge is 2.35. The van der Waals surface area contributed by atoms with Crippen LogP contribution < -0.4 is 5.73 Å². The molecule has 1 heterocycles. The molecule has 0 atom stereocenters.